The van der Waals surface area contributed by atoms with Crippen molar-refractivity contribution in [2.24, 2.45) is 0 Å². The van der Waals surface area contributed by atoms with Gasteiger partial charge in [0.05, 0.1) is 11.4 Å². The second kappa shape index (κ2) is 5.89. The first-order valence-corrected chi connectivity index (χ1v) is 6.55. The predicted octanol–water partition coefficient (Wildman–Crippen LogP) is 2.99. The molecule has 0 amide bonds. The lowest BCUT2D eigenvalue weighted by molar-refractivity contribution is 0.391. The van der Waals surface area contributed by atoms with E-state index in [2.05, 4.69) is 34.7 Å². The van der Waals surface area contributed by atoms with Crippen LogP contribution in [0, 0.1) is 6.92 Å². The molecule has 1 N–H and O–H groups in total. The summed E-state index contributed by atoms with van der Waals surface area (Å²) in [5.74, 6) is 1.75. The Kier molecular flexibility index (Phi) is 4.23. The first-order valence-electron chi connectivity index (χ1n) is 5.56. The summed E-state index contributed by atoms with van der Waals surface area (Å²) in [6.45, 7) is 2.83. The zero-order chi connectivity index (χ0) is 12.1. The third-order valence-electron chi connectivity index (χ3n) is 2.34. The van der Waals surface area contributed by atoms with Crippen LogP contribution >= 0.6 is 11.8 Å². The highest BCUT2D eigenvalue weighted by Crippen LogP contribution is 2.23. The van der Waals surface area contributed by atoms with E-state index in [1.807, 2.05) is 20.0 Å². The lowest BCUT2D eigenvalue weighted by Gasteiger charge is -2.03. The van der Waals surface area contributed by atoms with E-state index in [1.54, 1.807) is 11.8 Å². The minimum absolute atomic E-state index is 0.823. The molecule has 0 saturated carbocycles. The van der Waals surface area contributed by atoms with Gasteiger partial charge in [-0.25, -0.2) is 0 Å². The third kappa shape index (κ3) is 3.61. The molecule has 17 heavy (non-hydrogen) atoms. The van der Waals surface area contributed by atoms with E-state index in [-0.39, 0.29) is 0 Å². The van der Waals surface area contributed by atoms with E-state index in [0.717, 1.165) is 23.8 Å². The molecule has 4 heteroatoms. The van der Waals surface area contributed by atoms with Gasteiger partial charge in [-0.15, -0.1) is 11.8 Å². The lowest BCUT2D eigenvalue weighted by Crippen LogP contribution is -2.04. The number of nitrogens with zero attached hydrogens (tertiary/aromatic N) is 1. The maximum atomic E-state index is 5.18. The van der Waals surface area contributed by atoms with E-state index in [0.29, 0.717) is 0 Å². The number of thioether (sulfide) groups is 1. The fraction of sp³-hybridized carbons (Fsp3) is 0.308. The van der Waals surface area contributed by atoms with Crippen LogP contribution in [0.3, 0.4) is 0 Å². The number of hydrogen-bond acceptors (Lipinski definition) is 4. The molecular formula is C13H16N2OS. The number of rotatable bonds is 5. The molecule has 0 spiro atoms. The van der Waals surface area contributed by atoms with Gasteiger partial charge >= 0.3 is 0 Å². The van der Waals surface area contributed by atoms with E-state index in [4.69, 9.17) is 4.52 Å². The van der Waals surface area contributed by atoms with Crippen LogP contribution in [0.1, 0.15) is 17.0 Å². The van der Waals surface area contributed by atoms with E-state index >= 15 is 0 Å². The summed E-state index contributed by atoms with van der Waals surface area (Å²) in [5.41, 5.74) is 2.23. The Bertz CT molecular complexity index is 482. The molecular weight excluding hydrogens is 232 g/mol. The highest BCUT2D eigenvalue weighted by molar-refractivity contribution is 7.98. The van der Waals surface area contributed by atoms with Gasteiger partial charge in [-0.3, -0.25) is 0 Å². The molecule has 0 fully saturated rings. The Morgan fingerprint density at radius 3 is 2.94 bits per heavy atom. The van der Waals surface area contributed by atoms with E-state index in [9.17, 15) is 0 Å². The van der Waals surface area contributed by atoms with Gasteiger partial charge in [-0.05, 0) is 31.7 Å². The molecule has 0 aliphatic heterocycles. The summed E-state index contributed by atoms with van der Waals surface area (Å²) in [4.78, 5) is 1.26. The molecule has 0 atom stereocenters. The van der Waals surface area contributed by atoms with Crippen LogP contribution in [0.2, 0.25) is 0 Å². The highest BCUT2D eigenvalue weighted by atomic mass is 32.2. The zero-order valence-corrected chi connectivity index (χ0v) is 10.9. The van der Waals surface area contributed by atoms with Gasteiger partial charge in [-0.1, -0.05) is 17.3 Å². The normalized spacial score (nSPS) is 10.7. The van der Waals surface area contributed by atoms with Crippen molar-refractivity contribution in [3.05, 3.63) is 47.3 Å². The van der Waals surface area contributed by atoms with Crippen LogP contribution in [0.4, 0.5) is 0 Å². The maximum absolute atomic E-state index is 5.18. The van der Waals surface area contributed by atoms with Crippen LogP contribution < -0.4 is 5.32 Å². The summed E-state index contributed by atoms with van der Waals surface area (Å²) >= 11 is 1.77. The summed E-state index contributed by atoms with van der Waals surface area (Å²) in [6.07, 6.45) is 0. The molecule has 0 saturated heterocycles. The van der Waals surface area contributed by atoms with Gasteiger partial charge in [-0.2, -0.15) is 0 Å². The first-order chi connectivity index (χ1) is 8.28. The number of nitrogens with one attached hydrogen (secondary N) is 1. The molecule has 0 aliphatic carbocycles. The summed E-state index contributed by atoms with van der Waals surface area (Å²) in [6, 6.07) is 10.5. The molecule has 1 heterocycles. The number of aromatic nitrogens is 1. The van der Waals surface area contributed by atoms with Crippen LogP contribution in [0.25, 0.3) is 0 Å². The second-order valence-corrected chi connectivity index (χ2v) is 4.95. The Hall–Kier alpha value is -1.26. The van der Waals surface area contributed by atoms with Crippen molar-refractivity contribution in [2.45, 2.75) is 24.1 Å². The Morgan fingerprint density at radius 1 is 1.35 bits per heavy atom. The molecule has 1 aromatic heterocycles. The zero-order valence-electron chi connectivity index (χ0n) is 10.1. The monoisotopic (exact) mass is 248 g/mol. The molecule has 2 rings (SSSR count). The van der Waals surface area contributed by atoms with Crippen LogP contribution in [0.5, 0.6) is 0 Å². The smallest absolute Gasteiger partial charge is 0.147 e. The fourth-order valence-corrected chi connectivity index (χ4v) is 2.44. The molecule has 0 bridgehead atoms. The average molecular weight is 248 g/mol. The number of aryl methyl sites for hydroxylation is 1. The van der Waals surface area contributed by atoms with Gasteiger partial charge in [0.25, 0.3) is 0 Å². The Morgan fingerprint density at radius 2 is 2.24 bits per heavy atom. The van der Waals surface area contributed by atoms with E-state index < -0.39 is 0 Å². The highest BCUT2D eigenvalue weighted by Gasteiger charge is 2.02. The van der Waals surface area contributed by atoms with E-state index in [1.165, 1.54) is 10.5 Å². The van der Waals surface area contributed by atoms with Crippen molar-refractivity contribution in [1.82, 2.24) is 10.5 Å². The van der Waals surface area contributed by atoms with Crippen molar-refractivity contribution >= 4 is 11.8 Å². The third-order valence-corrected chi connectivity index (χ3v) is 3.35. The minimum atomic E-state index is 0.823. The molecule has 2 aromatic rings. The predicted molar refractivity (Wildman–Crippen MR) is 70.0 cm³/mol. The van der Waals surface area contributed by atoms with Crippen molar-refractivity contribution < 1.29 is 4.52 Å². The van der Waals surface area contributed by atoms with Crippen LogP contribution in [-0.4, -0.2) is 12.2 Å². The fourth-order valence-electron chi connectivity index (χ4n) is 1.59. The van der Waals surface area contributed by atoms with Crippen LogP contribution in [-0.2, 0) is 12.3 Å². The lowest BCUT2D eigenvalue weighted by atomic mass is 10.2. The SMILES string of the molecule is CNCc1cccc(SCc2cc(C)no2)c1. The average Bonchev–Trinajstić information content (AvgIpc) is 2.74. The molecule has 90 valence electrons. The van der Waals surface area contributed by atoms with Gasteiger partial charge in [0.2, 0.25) is 0 Å². The standard InChI is InChI=1S/C13H16N2OS/c1-10-6-12(16-15-10)9-17-13-5-3-4-11(7-13)8-14-2/h3-7,14H,8-9H2,1-2H3. The van der Waals surface area contributed by atoms with Gasteiger partial charge in [0.15, 0.2) is 0 Å². The van der Waals surface area contributed by atoms with Gasteiger partial charge < -0.3 is 9.84 Å². The quantitative estimate of drug-likeness (QED) is 0.825. The molecule has 1 aromatic carbocycles. The maximum Gasteiger partial charge on any atom is 0.147 e. The molecule has 0 aliphatic rings. The Labute approximate surface area is 106 Å². The number of benzene rings is 1. The largest absolute Gasteiger partial charge is 0.360 e. The van der Waals surface area contributed by atoms with Crippen molar-refractivity contribution in [1.29, 1.82) is 0 Å². The topological polar surface area (TPSA) is 38.1 Å². The summed E-state index contributed by atoms with van der Waals surface area (Å²) in [7, 11) is 1.96. The van der Waals surface area contributed by atoms with Crippen molar-refractivity contribution in [2.75, 3.05) is 7.05 Å². The summed E-state index contributed by atoms with van der Waals surface area (Å²) < 4.78 is 5.18. The minimum Gasteiger partial charge on any atom is -0.360 e. The molecule has 0 radical (unpaired) electrons. The number of hydrogen-bond donors (Lipinski definition) is 1. The molecule has 3 nitrogen and oxygen atoms in total. The van der Waals surface area contributed by atoms with Crippen molar-refractivity contribution in [3.63, 3.8) is 0 Å². The van der Waals surface area contributed by atoms with Crippen molar-refractivity contribution in [3.8, 4) is 0 Å². The summed E-state index contributed by atoms with van der Waals surface area (Å²) in [5, 5.41) is 7.03. The first kappa shape index (κ1) is 12.2. The van der Waals surface area contributed by atoms with Gasteiger partial charge in [0.1, 0.15) is 5.76 Å². The Balaban J connectivity index is 1.96. The van der Waals surface area contributed by atoms with Gasteiger partial charge in [0, 0.05) is 17.5 Å². The van der Waals surface area contributed by atoms with Crippen LogP contribution in [0.15, 0.2) is 39.8 Å². The molecule has 0 unspecified atom stereocenters. The second-order valence-electron chi connectivity index (χ2n) is 3.90.